The Kier molecular flexibility index (Phi) is 4.72. The van der Waals surface area contributed by atoms with E-state index in [1.54, 1.807) is 0 Å². The van der Waals surface area contributed by atoms with Crippen LogP contribution in [0.15, 0.2) is 18.2 Å². The SMILES string of the molecule is COc1ccc(C(=O)O)c(NS(=O)(=O)C2CCCCC2)c1. The summed E-state index contributed by atoms with van der Waals surface area (Å²) < 4.78 is 32.2. The number of carboxylic acid groups (broad SMARTS) is 1. The van der Waals surface area contributed by atoms with Gasteiger partial charge in [0.2, 0.25) is 10.0 Å². The van der Waals surface area contributed by atoms with Crippen LogP contribution in [0.2, 0.25) is 0 Å². The second-order valence-electron chi connectivity index (χ2n) is 5.12. The van der Waals surface area contributed by atoms with E-state index in [0.29, 0.717) is 18.6 Å². The van der Waals surface area contributed by atoms with Gasteiger partial charge in [0.25, 0.3) is 0 Å². The quantitative estimate of drug-likeness (QED) is 0.871. The van der Waals surface area contributed by atoms with Crippen molar-refractivity contribution >= 4 is 21.7 Å². The Balaban J connectivity index is 2.30. The molecule has 0 saturated heterocycles. The van der Waals surface area contributed by atoms with Gasteiger partial charge in [-0.1, -0.05) is 19.3 Å². The standard InChI is InChI=1S/C14H19NO5S/c1-20-10-7-8-12(14(16)17)13(9-10)15-21(18,19)11-5-3-2-4-6-11/h7-9,11,15H,2-6H2,1H3,(H,16,17). The first-order chi connectivity index (χ1) is 9.94. The van der Waals surface area contributed by atoms with E-state index < -0.39 is 21.2 Å². The molecule has 0 unspecified atom stereocenters. The van der Waals surface area contributed by atoms with Crippen LogP contribution in [-0.4, -0.2) is 31.9 Å². The molecule has 1 aliphatic rings. The van der Waals surface area contributed by atoms with Gasteiger partial charge >= 0.3 is 5.97 Å². The minimum absolute atomic E-state index is 0.0485. The van der Waals surface area contributed by atoms with Gasteiger partial charge in [0.05, 0.1) is 23.6 Å². The summed E-state index contributed by atoms with van der Waals surface area (Å²) in [6.07, 6.45) is 4.04. The molecule has 1 saturated carbocycles. The highest BCUT2D eigenvalue weighted by Gasteiger charge is 2.28. The number of aromatic carboxylic acids is 1. The summed E-state index contributed by atoms with van der Waals surface area (Å²) in [5.41, 5.74) is -0.0393. The monoisotopic (exact) mass is 313 g/mol. The number of hydrogen-bond donors (Lipinski definition) is 2. The predicted molar refractivity (Wildman–Crippen MR) is 79.4 cm³/mol. The highest BCUT2D eigenvalue weighted by atomic mass is 32.2. The lowest BCUT2D eigenvalue weighted by molar-refractivity contribution is 0.0698. The van der Waals surface area contributed by atoms with Crippen LogP contribution in [0.5, 0.6) is 5.75 Å². The Morgan fingerprint density at radius 2 is 1.95 bits per heavy atom. The lowest BCUT2D eigenvalue weighted by Crippen LogP contribution is -2.30. The molecule has 2 N–H and O–H groups in total. The van der Waals surface area contributed by atoms with Crippen molar-refractivity contribution in [1.82, 2.24) is 0 Å². The number of hydrogen-bond acceptors (Lipinski definition) is 4. The van der Waals surface area contributed by atoms with Crippen LogP contribution in [0.25, 0.3) is 0 Å². The fraction of sp³-hybridized carbons (Fsp3) is 0.500. The van der Waals surface area contributed by atoms with Gasteiger partial charge in [0.1, 0.15) is 5.75 Å². The van der Waals surface area contributed by atoms with E-state index >= 15 is 0 Å². The maximum atomic E-state index is 12.4. The smallest absolute Gasteiger partial charge is 0.337 e. The molecule has 1 aliphatic carbocycles. The first-order valence-corrected chi connectivity index (χ1v) is 8.41. The van der Waals surface area contributed by atoms with Gasteiger partial charge in [-0.15, -0.1) is 0 Å². The number of methoxy groups -OCH3 is 1. The van der Waals surface area contributed by atoms with Crippen molar-refractivity contribution in [2.75, 3.05) is 11.8 Å². The van der Waals surface area contributed by atoms with Crippen LogP contribution < -0.4 is 9.46 Å². The van der Waals surface area contributed by atoms with Crippen LogP contribution in [0, 0.1) is 0 Å². The van der Waals surface area contributed by atoms with E-state index in [1.807, 2.05) is 0 Å². The van der Waals surface area contributed by atoms with Crippen molar-refractivity contribution in [2.45, 2.75) is 37.4 Å². The minimum atomic E-state index is -3.59. The molecular weight excluding hydrogens is 294 g/mol. The van der Waals surface area contributed by atoms with Crippen LogP contribution in [0.1, 0.15) is 42.5 Å². The summed E-state index contributed by atoms with van der Waals surface area (Å²) >= 11 is 0. The van der Waals surface area contributed by atoms with Crippen LogP contribution in [0.4, 0.5) is 5.69 Å². The van der Waals surface area contributed by atoms with E-state index in [1.165, 1.54) is 25.3 Å². The van der Waals surface area contributed by atoms with Gasteiger partial charge in [-0.3, -0.25) is 4.72 Å². The topological polar surface area (TPSA) is 92.7 Å². The van der Waals surface area contributed by atoms with Gasteiger partial charge in [-0.2, -0.15) is 0 Å². The average Bonchev–Trinajstić information content (AvgIpc) is 2.47. The van der Waals surface area contributed by atoms with Crippen molar-refractivity contribution in [2.24, 2.45) is 0 Å². The van der Waals surface area contributed by atoms with Gasteiger partial charge in [0.15, 0.2) is 0 Å². The lowest BCUT2D eigenvalue weighted by atomic mass is 10.0. The van der Waals surface area contributed by atoms with Crippen molar-refractivity contribution in [3.63, 3.8) is 0 Å². The molecule has 1 aromatic carbocycles. The summed E-state index contributed by atoms with van der Waals surface area (Å²) in [6, 6.07) is 4.21. The third kappa shape index (κ3) is 3.66. The highest BCUT2D eigenvalue weighted by Crippen LogP contribution is 2.28. The third-order valence-electron chi connectivity index (χ3n) is 3.70. The fourth-order valence-electron chi connectivity index (χ4n) is 2.53. The molecule has 7 heteroatoms. The molecule has 1 aromatic rings. The number of anilines is 1. The van der Waals surface area contributed by atoms with E-state index in [4.69, 9.17) is 9.84 Å². The minimum Gasteiger partial charge on any atom is -0.497 e. The molecule has 2 rings (SSSR count). The normalized spacial score (nSPS) is 16.4. The van der Waals surface area contributed by atoms with E-state index in [-0.39, 0.29) is 11.3 Å². The molecule has 116 valence electrons. The summed E-state index contributed by atoms with van der Waals surface area (Å²) in [7, 11) is -2.15. The van der Waals surface area contributed by atoms with E-state index in [2.05, 4.69) is 4.72 Å². The number of carboxylic acids is 1. The first-order valence-electron chi connectivity index (χ1n) is 6.87. The highest BCUT2D eigenvalue weighted by molar-refractivity contribution is 7.93. The fourth-order valence-corrected chi connectivity index (χ4v) is 4.13. The molecule has 0 atom stereocenters. The van der Waals surface area contributed by atoms with Gasteiger partial charge < -0.3 is 9.84 Å². The second-order valence-corrected chi connectivity index (χ2v) is 7.08. The second kappa shape index (κ2) is 6.34. The number of sulfonamides is 1. The maximum Gasteiger partial charge on any atom is 0.337 e. The van der Waals surface area contributed by atoms with E-state index in [9.17, 15) is 13.2 Å². The van der Waals surface area contributed by atoms with Gasteiger partial charge in [0, 0.05) is 6.07 Å². The Hall–Kier alpha value is -1.76. The van der Waals surface area contributed by atoms with E-state index in [0.717, 1.165) is 19.3 Å². The number of carbonyl (C=O) groups is 1. The molecule has 6 nitrogen and oxygen atoms in total. The molecule has 0 aliphatic heterocycles. The first kappa shape index (κ1) is 15.6. The third-order valence-corrected chi connectivity index (χ3v) is 5.55. The molecular formula is C14H19NO5S. The Morgan fingerprint density at radius 3 is 2.52 bits per heavy atom. The average molecular weight is 313 g/mol. The molecule has 21 heavy (non-hydrogen) atoms. The number of rotatable bonds is 5. The molecule has 0 heterocycles. The molecule has 0 radical (unpaired) electrons. The Morgan fingerprint density at radius 1 is 1.29 bits per heavy atom. The Bertz CT molecular complexity index is 620. The summed E-state index contributed by atoms with van der Waals surface area (Å²) in [5.74, 6) is -0.777. The zero-order valence-corrected chi connectivity index (χ0v) is 12.6. The molecule has 0 bridgehead atoms. The molecule has 0 amide bonds. The summed E-state index contributed by atoms with van der Waals surface area (Å²) in [6.45, 7) is 0. The zero-order valence-electron chi connectivity index (χ0n) is 11.8. The number of benzene rings is 1. The molecule has 0 spiro atoms. The largest absolute Gasteiger partial charge is 0.497 e. The van der Waals surface area contributed by atoms with Gasteiger partial charge in [-0.05, 0) is 25.0 Å². The Labute approximate surface area is 124 Å². The number of nitrogens with one attached hydrogen (secondary N) is 1. The van der Waals surface area contributed by atoms with Crippen molar-refractivity contribution < 1.29 is 23.1 Å². The lowest BCUT2D eigenvalue weighted by Gasteiger charge is -2.23. The summed E-state index contributed by atoms with van der Waals surface area (Å²) in [4.78, 5) is 11.2. The van der Waals surface area contributed by atoms with Gasteiger partial charge in [-0.25, -0.2) is 13.2 Å². The van der Waals surface area contributed by atoms with Crippen LogP contribution >= 0.6 is 0 Å². The molecule has 1 fully saturated rings. The van der Waals surface area contributed by atoms with Crippen LogP contribution in [0.3, 0.4) is 0 Å². The summed E-state index contributed by atoms with van der Waals surface area (Å²) in [5, 5.41) is 8.70. The molecule has 0 aromatic heterocycles. The van der Waals surface area contributed by atoms with Crippen LogP contribution in [-0.2, 0) is 10.0 Å². The number of ether oxygens (including phenoxy) is 1. The van der Waals surface area contributed by atoms with Crippen molar-refractivity contribution in [3.8, 4) is 5.75 Å². The van der Waals surface area contributed by atoms with Crippen molar-refractivity contribution in [3.05, 3.63) is 23.8 Å². The maximum absolute atomic E-state index is 12.4. The zero-order chi connectivity index (χ0) is 15.5. The predicted octanol–water partition coefficient (Wildman–Crippen LogP) is 2.47. The van der Waals surface area contributed by atoms with Crippen molar-refractivity contribution in [1.29, 1.82) is 0 Å².